The van der Waals surface area contributed by atoms with Crippen LogP contribution in [-0.2, 0) is 6.54 Å². The van der Waals surface area contributed by atoms with Gasteiger partial charge in [0.25, 0.3) is 5.91 Å². The van der Waals surface area contributed by atoms with Crippen LogP contribution in [0.4, 0.5) is 0 Å². The molecule has 0 bridgehead atoms. The Hall–Kier alpha value is -3.47. The van der Waals surface area contributed by atoms with E-state index in [0.717, 1.165) is 11.3 Å². The first-order chi connectivity index (χ1) is 12.7. The van der Waals surface area contributed by atoms with Gasteiger partial charge in [0.2, 0.25) is 0 Å². The van der Waals surface area contributed by atoms with E-state index in [0.29, 0.717) is 12.1 Å². The Morgan fingerprint density at radius 2 is 1.77 bits per heavy atom. The Balaban J connectivity index is 1.50. The third-order valence-corrected chi connectivity index (χ3v) is 4.38. The number of benzene rings is 3. The lowest BCUT2D eigenvalue weighted by Crippen LogP contribution is -2.26. The summed E-state index contributed by atoms with van der Waals surface area (Å²) in [5.41, 5.74) is 2.63. The summed E-state index contributed by atoms with van der Waals surface area (Å²) < 4.78 is 1.66. The van der Waals surface area contributed by atoms with Gasteiger partial charge in [0.1, 0.15) is 12.7 Å². The van der Waals surface area contributed by atoms with Crippen molar-refractivity contribution in [2.75, 3.05) is 7.05 Å². The first kappa shape index (κ1) is 16.0. The Kier molecular flexibility index (Phi) is 4.19. The van der Waals surface area contributed by atoms with Gasteiger partial charge in [-0.25, -0.2) is 9.67 Å². The zero-order chi connectivity index (χ0) is 17.9. The average molecular weight is 342 g/mol. The lowest BCUT2D eigenvalue weighted by molar-refractivity contribution is 0.0785. The smallest absolute Gasteiger partial charge is 0.253 e. The van der Waals surface area contributed by atoms with Crippen LogP contribution in [0.15, 0.2) is 79.4 Å². The number of hydrogen-bond donors (Lipinski definition) is 0. The Morgan fingerprint density at radius 1 is 1.00 bits per heavy atom. The zero-order valence-corrected chi connectivity index (χ0v) is 14.4. The molecule has 0 aliphatic heterocycles. The van der Waals surface area contributed by atoms with Gasteiger partial charge >= 0.3 is 0 Å². The van der Waals surface area contributed by atoms with Crippen molar-refractivity contribution in [1.29, 1.82) is 0 Å². The van der Waals surface area contributed by atoms with Crippen molar-refractivity contribution in [3.05, 3.63) is 90.5 Å². The third kappa shape index (κ3) is 3.19. The van der Waals surface area contributed by atoms with Gasteiger partial charge in [0, 0.05) is 19.2 Å². The molecule has 1 heterocycles. The summed E-state index contributed by atoms with van der Waals surface area (Å²) in [6, 6.07) is 21.9. The maximum atomic E-state index is 12.7. The predicted octanol–water partition coefficient (Wildman–Crippen LogP) is 3.69. The summed E-state index contributed by atoms with van der Waals surface area (Å²) in [5.74, 6) is -0.0108. The standard InChI is InChI=1S/C21H18N4O/c1-24(13-16-6-7-17-4-2-3-5-19(17)12-16)21(26)18-8-10-20(11-9-18)25-15-22-14-23-25/h2-12,14-15H,13H2,1H3. The fourth-order valence-electron chi connectivity index (χ4n) is 3.00. The highest BCUT2D eigenvalue weighted by Crippen LogP contribution is 2.17. The molecular formula is C21H18N4O. The molecule has 5 nitrogen and oxygen atoms in total. The van der Waals surface area contributed by atoms with E-state index in [2.05, 4.69) is 40.4 Å². The monoisotopic (exact) mass is 342 g/mol. The maximum absolute atomic E-state index is 12.7. The predicted molar refractivity (Wildman–Crippen MR) is 101 cm³/mol. The van der Waals surface area contributed by atoms with Crippen LogP contribution >= 0.6 is 0 Å². The molecule has 0 spiro atoms. The summed E-state index contributed by atoms with van der Waals surface area (Å²) in [4.78, 5) is 18.4. The highest BCUT2D eigenvalue weighted by molar-refractivity contribution is 5.94. The Labute approximate surface area is 151 Å². The van der Waals surface area contributed by atoms with Gasteiger partial charge < -0.3 is 4.90 Å². The Morgan fingerprint density at radius 3 is 2.50 bits per heavy atom. The van der Waals surface area contributed by atoms with Crippen molar-refractivity contribution < 1.29 is 4.79 Å². The number of aromatic nitrogens is 3. The molecule has 0 aliphatic rings. The molecule has 128 valence electrons. The minimum absolute atomic E-state index is 0.0108. The number of rotatable bonds is 4. The van der Waals surface area contributed by atoms with E-state index < -0.39 is 0 Å². The largest absolute Gasteiger partial charge is 0.337 e. The number of carbonyl (C=O) groups excluding carboxylic acids is 1. The summed E-state index contributed by atoms with van der Waals surface area (Å²) in [6.45, 7) is 0.564. The topological polar surface area (TPSA) is 51.0 Å². The fourth-order valence-corrected chi connectivity index (χ4v) is 3.00. The average Bonchev–Trinajstić information content (AvgIpc) is 3.22. The fraction of sp³-hybridized carbons (Fsp3) is 0.0952. The van der Waals surface area contributed by atoms with Crippen molar-refractivity contribution in [2.24, 2.45) is 0 Å². The maximum Gasteiger partial charge on any atom is 0.253 e. The first-order valence-corrected chi connectivity index (χ1v) is 8.39. The van der Waals surface area contributed by atoms with E-state index in [9.17, 15) is 4.79 Å². The van der Waals surface area contributed by atoms with E-state index in [-0.39, 0.29) is 5.91 Å². The van der Waals surface area contributed by atoms with Crippen molar-refractivity contribution in [3.63, 3.8) is 0 Å². The van der Waals surface area contributed by atoms with Gasteiger partial charge in [-0.15, -0.1) is 0 Å². The lowest BCUT2D eigenvalue weighted by Gasteiger charge is -2.18. The molecule has 0 radical (unpaired) electrons. The SMILES string of the molecule is CN(Cc1ccc2ccccc2c1)C(=O)c1ccc(-n2cncn2)cc1. The molecule has 0 aliphatic carbocycles. The lowest BCUT2D eigenvalue weighted by atomic mass is 10.1. The van der Waals surface area contributed by atoms with Crippen LogP contribution in [0.2, 0.25) is 0 Å². The summed E-state index contributed by atoms with van der Waals surface area (Å²) >= 11 is 0. The molecule has 1 aromatic heterocycles. The number of amides is 1. The molecule has 0 fully saturated rings. The molecule has 0 unspecified atom stereocenters. The van der Waals surface area contributed by atoms with Crippen molar-refractivity contribution in [1.82, 2.24) is 19.7 Å². The minimum atomic E-state index is -0.0108. The zero-order valence-electron chi connectivity index (χ0n) is 14.4. The molecule has 5 heteroatoms. The molecular weight excluding hydrogens is 324 g/mol. The van der Waals surface area contributed by atoms with E-state index in [1.807, 2.05) is 43.4 Å². The molecule has 0 saturated heterocycles. The van der Waals surface area contributed by atoms with Crippen molar-refractivity contribution in [2.45, 2.75) is 6.54 Å². The van der Waals surface area contributed by atoms with E-state index in [1.54, 1.807) is 15.9 Å². The first-order valence-electron chi connectivity index (χ1n) is 8.39. The summed E-state index contributed by atoms with van der Waals surface area (Å²) in [7, 11) is 1.82. The molecule has 0 atom stereocenters. The van der Waals surface area contributed by atoms with Crippen LogP contribution in [0, 0.1) is 0 Å². The van der Waals surface area contributed by atoms with Crippen LogP contribution in [0.5, 0.6) is 0 Å². The molecule has 0 saturated carbocycles. The Bertz CT molecular complexity index is 1040. The van der Waals surface area contributed by atoms with Crippen LogP contribution in [-0.4, -0.2) is 32.6 Å². The van der Waals surface area contributed by atoms with Crippen LogP contribution in [0.3, 0.4) is 0 Å². The number of fused-ring (bicyclic) bond motifs is 1. The van der Waals surface area contributed by atoms with Crippen LogP contribution in [0.1, 0.15) is 15.9 Å². The molecule has 1 amide bonds. The summed E-state index contributed by atoms with van der Waals surface area (Å²) in [5, 5.41) is 6.47. The molecule has 3 aromatic carbocycles. The molecule has 26 heavy (non-hydrogen) atoms. The third-order valence-electron chi connectivity index (χ3n) is 4.38. The van der Waals surface area contributed by atoms with E-state index in [1.165, 1.54) is 17.1 Å². The van der Waals surface area contributed by atoms with Crippen LogP contribution in [0.25, 0.3) is 16.5 Å². The number of carbonyl (C=O) groups is 1. The van der Waals surface area contributed by atoms with E-state index in [4.69, 9.17) is 0 Å². The van der Waals surface area contributed by atoms with Gasteiger partial charge in [-0.2, -0.15) is 5.10 Å². The van der Waals surface area contributed by atoms with Gasteiger partial charge in [-0.05, 0) is 46.7 Å². The normalized spacial score (nSPS) is 10.8. The van der Waals surface area contributed by atoms with Gasteiger partial charge in [-0.1, -0.05) is 36.4 Å². The van der Waals surface area contributed by atoms with Crippen molar-refractivity contribution >= 4 is 16.7 Å². The minimum Gasteiger partial charge on any atom is -0.337 e. The number of hydrogen-bond acceptors (Lipinski definition) is 3. The van der Waals surface area contributed by atoms with E-state index >= 15 is 0 Å². The second-order valence-electron chi connectivity index (χ2n) is 6.23. The van der Waals surface area contributed by atoms with Gasteiger partial charge in [0.15, 0.2) is 0 Å². The molecule has 4 aromatic rings. The second-order valence-corrected chi connectivity index (χ2v) is 6.23. The quantitative estimate of drug-likeness (QED) is 0.568. The highest BCUT2D eigenvalue weighted by atomic mass is 16.2. The number of nitrogens with zero attached hydrogens (tertiary/aromatic N) is 4. The van der Waals surface area contributed by atoms with Gasteiger partial charge in [0.05, 0.1) is 5.69 Å². The van der Waals surface area contributed by atoms with Gasteiger partial charge in [-0.3, -0.25) is 4.79 Å². The second kappa shape index (κ2) is 6.80. The molecule has 4 rings (SSSR count). The van der Waals surface area contributed by atoms with Crippen LogP contribution < -0.4 is 0 Å². The van der Waals surface area contributed by atoms with Crippen molar-refractivity contribution in [3.8, 4) is 5.69 Å². The highest BCUT2D eigenvalue weighted by Gasteiger charge is 2.12. The summed E-state index contributed by atoms with van der Waals surface area (Å²) in [6.07, 6.45) is 3.11. The molecule has 0 N–H and O–H groups in total.